The minimum Gasteiger partial charge on any atom is -0.506 e. The first-order chi connectivity index (χ1) is 9.81. The largest absolute Gasteiger partial charge is 0.506 e. The maximum absolute atomic E-state index is 11.3. The van der Waals surface area contributed by atoms with Gasteiger partial charge in [-0.2, -0.15) is 5.10 Å². The molecule has 1 heterocycles. The maximum Gasteiger partial charge on any atom is 0.356 e. The number of phenols is 1. The third kappa shape index (κ3) is 2.82. The van der Waals surface area contributed by atoms with Crippen molar-refractivity contribution in [1.82, 2.24) is 9.78 Å². The van der Waals surface area contributed by atoms with Crippen molar-refractivity contribution < 1.29 is 19.8 Å². The van der Waals surface area contributed by atoms with E-state index in [0.29, 0.717) is 11.3 Å². The molecule has 7 nitrogen and oxygen atoms in total. The van der Waals surface area contributed by atoms with Gasteiger partial charge in [-0.1, -0.05) is 11.6 Å². The highest BCUT2D eigenvalue weighted by atomic mass is 35.5. The Hall–Kier alpha value is -2.54. The van der Waals surface area contributed by atoms with Gasteiger partial charge in [0.25, 0.3) is 0 Å². The predicted molar refractivity (Wildman–Crippen MR) is 76.6 cm³/mol. The highest BCUT2D eigenvalue weighted by Crippen LogP contribution is 2.40. The molecule has 8 heteroatoms. The first-order valence-electron chi connectivity index (χ1n) is 5.88. The molecule has 3 N–H and O–H groups in total. The molecule has 1 aromatic heterocycles. The number of hydrogen-bond donors (Lipinski definition) is 3. The summed E-state index contributed by atoms with van der Waals surface area (Å²) in [5.41, 5.74) is 0.599. The van der Waals surface area contributed by atoms with Crippen LogP contribution < -0.4 is 5.32 Å². The summed E-state index contributed by atoms with van der Waals surface area (Å²) in [5, 5.41) is 25.5. The molecule has 0 saturated carbocycles. The summed E-state index contributed by atoms with van der Waals surface area (Å²) in [5.74, 6) is -1.76. The molecule has 0 aliphatic carbocycles. The molecule has 21 heavy (non-hydrogen) atoms. The predicted octanol–water partition coefficient (Wildman–Crippen LogP) is 2.10. The lowest BCUT2D eigenvalue weighted by atomic mass is 10.1. The third-order valence-electron chi connectivity index (χ3n) is 2.79. The Labute approximate surface area is 124 Å². The molecule has 1 amide bonds. The van der Waals surface area contributed by atoms with Crippen LogP contribution in [0.3, 0.4) is 0 Å². The number of aryl methyl sites for hydroxylation is 1. The molecule has 2 rings (SSSR count). The summed E-state index contributed by atoms with van der Waals surface area (Å²) in [4.78, 5) is 22.3. The van der Waals surface area contributed by atoms with Gasteiger partial charge in [0.1, 0.15) is 5.75 Å². The summed E-state index contributed by atoms with van der Waals surface area (Å²) in [6, 6.07) is 4.10. The lowest BCUT2D eigenvalue weighted by Crippen LogP contribution is -2.08. The van der Waals surface area contributed by atoms with Gasteiger partial charge < -0.3 is 15.5 Å². The highest BCUT2D eigenvalue weighted by molar-refractivity contribution is 6.34. The van der Waals surface area contributed by atoms with Crippen molar-refractivity contribution in [2.24, 2.45) is 7.05 Å². The molecule has 0 spiro atoms. The number of carboxylic acids is 1. The molecular formula is C13H12ClN3O4. The van der Waals surface area contributed by atoms with Gasteiger partial charge in [-0.25, -0.2) is 4.79 Å². The quantitative estimate of drug-likeness (QED) is 0.753. The number of benzene rings is 1. The Morgan fingerprint density at radius 2 is 2.05 bits per heavy atom. The summed E-state index contributed by atoms with van der Waals surface area (Å²) < 4.78 is 1.31. The van der Waals surface area contributed by atoms with Crippen molar-refractivity contribution in [1.29, 1.82) is 0 Å². The number of carboxylic acid groups (broad SMARTS) is 1. The van der Waals surface area contributed by atoms with E-state index in [2.05, 4.69) is 10.4 Å². The van der Waals surface area contributed by atoms with E-state index in [1.54, 1.807) is 7.05 Å². The topological polar surface area (TPSA) is 104 Å². The van der Waals surface area contributed by atoms with Crippen molar-refractivity contribution in [2.75, 3.05) is 5.32 Å². The number of phenolic OH excluding ortho intramolecular Hbond substituents is 1. The molecule has 0 fully saturated rings. The molecular weight excluding hydrogens is 298 g/mol. The number of anilines is 1. The fourth-order valence-corrected chi connectivity index (χ4v) is 2.18. The number of amides is 1. The van der Waals surface area contributed by atoms with Crippen molar-refractivity contribution in [3.63, 3.8) is 0 Å². The van der Waals surface area contributed by atoms with Crippen LogP contribution in [0.25, 0.3) is 11.3 Å². The number of halogens is 1. The number of carbonyl (C=O) groups is 2. The summed E-state index contributed by atoms with van der Waals surface area (Å²) >= 11 is 6.13. The van der Waals surface area contributed by atoms with Crippen LogP contribution >= 0.6 is 11.6 Å². The van der Waals surface area contributed by atoms with E-state index in [4.69, 9.17) is 16.7 Å². The smallest absolute Gasteiger partial charge is 0.356 e. The van der Waals surface area contributed by atoms with Crippen LogP contribution in [0.15, 0.2) is 18.2 Å². The molecule has 2 aromatic rings. The van der Waals surface area contributed by atoms with Crippen molar-refractivity contribution in [2.45, 2.75) is 6.92 Å². The van der Waals surface area contributed by atoms with Gasteiger partial charge in [-0.15, -0.1) is 0 Å². The number of rotatable bonds is 3. The van der Waals surface area contributed by atoms with Crippen LogP contribution in [0.2, 0.25) is 5.02 Å². The summed E-state index contributed by atoms with van der Waals surface area (Å²) in [7, 11) is 1.54. The summed E-state index contributed by atoms with van der Waals surface area (Å²) in [6.45, 7) is 1.29. The van der Waals surface area contributed by atoms with Crippen LogP contribution in [0, 0.1) is 0 Å². The standard InChI is InChI=1S/C13H12ClN3O4/c1-6(18)15-12-10(19)4-3-7(14)11(12)9-5-8(13(20)21)16-17(9)2/h3-5,19H,1-2H3,(H,15,18)(H,20,21). The number of aromatic hydroxyl groups is 1. The monoisotopic (exact) mass is 309 g/mol. The Morgan fingerprint density at radius 3 is 2.57 bits per heavy atom. The summed E-state index contributed by atoms with van der Waals surface area (Å²) in [6.07, 6.45) is 0. The van der Waals surface area contributed by atoms with Crippen LogP contribution in [0.5, 0.6) is 5.75 Å². The SMILES string of the molecule is CC(=O)Nc1c(O)ccc(Cl)c1-c1cc(C(=O)O)nn1C. The molecule has 1 aromatic carbocycles. The van der Waals surface area contributed by atoms with Gasteiger partial charge in [0.05, 0.1) is 16.4 Å². The van der Waals surface area contributed by atoms with Crippen LogP contribution in [-0.4, -0.2) is 31.9 Å². The normalized spacial score (nSPS) is 10.4. The average molecular weight is 310 g/mol. The number of nitrogens with one attached hydrogen (secondary N) is 1. The number of aromatic nitrogens is 2. The maximum atomic E-state index is 11.3. The molecule has 0 bridgehead atoms. The first-order valence-corrected chi connectivity index (χ1v) is 6.25. The van der Waals surface area contributed by atoms with E-state index in [0.717, 1.165) is 0 Å². The Morgan fingerprint density at radius 1 is 1.38 bits per heavy atom. The van der Waals surface area contributed by atoms with Crippen LogP contribution in [0.4, 0.5) is 5.69 Å². The number of carbonyl (C=O) groups excluding carboxylic acids is 1. The molecule has 0 aliphatic rings. The van der Waals surface area contributed by atoms with Gasteiger partial charge in [-0.3, -0.25) is 9.48 Å². The van der Waals surface area contributed by atoms with E-state index in [1.165, 1.54) is 29.8 Å². The van der Waals surface area contributed by atoms with E-state index >= 15 is 0 Å². The van der Waals surface area contributed by atoms with E-state index in [-0.39, 0.29) is 22.2 Å². The lowest BCUT2D eigenvalue weighted by molar-refractivity contribution is -0.114. The van der Waals surface area contributed by atoms with E-state index in [9.17, 15) is 14.7 Å². The second kappa shape index (κ2) is 5.45. The molecule has 110 valence electrons. The second-order valence-electron chi connectivity index (χ2n) is 4.34. The van der Waals surface area contributed by atoms with Gasteiger partial charge >= 0.3 is 5.97 Å². The fourth-order valence-electron chi connectivity index (χ4n) is 1.92. The molecule has 0 saturated heterocycles. The van der Waals surface area contributed by atoms with Crippen LogP contribution in [-0.2, 0) is 11.8 Å². The Kier molecular flexibility index (Phi) is 3.86. The Balaban J connectivity index is 2.70. The molecule has 0 aliphatic heterocycles. The number of hydrogen-bond acceptors (Lipinski definition) is 4. The zero-order chi connectivity index (χ0) is 15.7. The zero-order valence-electron chi connectivity index (χ0n) is 11.2. The zero-order valence-corrected chi connectivity index (χ0v) is 12.0. The van der Waals surface area contributed by atoms with Crippen LogP contribution in [0.1, 0.15) is 17.4 Å². The lowest BCUT2D eigenvalue weighted by Gasteiger charge is -2.13. The first kappa shape index (κ1) is 14.9. The average Bonchev–Trinajstić information content (AvgIpc) is 2.76. The van der Waals surface area contributed by atoms with E-state index < -0.39 is 11.9 Å². The number of nitrogens with zero attached hydrogens (tertiary/aromatic N) is 2. The van der Waals surface area contributed by atoms with E-state index in [1.807, 2.05) is 0 Å². The minimum absolute atomic E-state index is 0.106. The van der Waals surface area contributed by atoms with Gasteiger partial charge in [0.15, 0.2) is 5.69 Å². The minimum atomic E-state index is -1.19. The molecule has 0 radical (unpaired) electrons. The van der Waals surface area contributed by atoms with Gasteiger partial charge in [0.2, 0.25) is 5.91 Å². The molecule has 0 unspecified atom stereocenters. The number of aromatic carboxylic acids is 1. The van der Waals surface area contributed by atoms with Gasteiger partial charge in [-0.05, 0) is 18.2 Å². The Bertz CT molecular complexity index is 739. The molecule has 0 atom stereocenters. The van der Waals surface area contributed by atoms with Gasteiger partial charge in [0, 0.05) is 19.5 Å². The van der Waals surface area contributed by atoms with Crippen molar-refractivity contribution in [3.8, 4) is 17.0 Å². The van der Waals surface area contributed by atoms with Crippen molar-refractivity contribution >= 4 is 29.2 Å². The highest BCUT2D eigenvalue weighted by Gasteiger charge is 2.20. The van der Waals surface area contributed by atoms with Crippen molar-refractivity contribution in [3.05, 3.63) is 28.9 Å². The fraction of sp³-hybridized carbons (Fsp3) is 0.154. The third-order valence-corrected chi connectivity index (χ3v) is 3.10. The second-order valence-corrected chi connectivity index (χ2v) is 4.75.